The molecule has 0 radical (unpaired) electrons. The van der Waals surface area contributed by atoms with Crippen molar-refractivity contribution in [3.63, 3.8) is 0 Å². The molecule has 1 atom stereocenters. The Morgan fingerprint density at radius 1 is 1.25 bits per heavy atom. The van der Waals surface area contributed by atoms with Crippen LogP contribution in [0.4, 0.5) is 0 Å². The molecule has 3 rings (SSSR count). The van der Waals surface area contributed by atoms with Crippen molar-refractivity contribution in [2.75, 3.05) is 13.2 Å². The monoisotopic (exact) mass is 215 g/mol. The second kappa shape index (κ2) is 3.89. The third-order valence-electron chi connectivity index (χ3n) is 2.64. The predicted octanol–water partition coefficient (Wildman–Crippen LogP) is 1.15. The summed E-state index contributed by atoms with van der Waals surface area (Å²) in [6, 6.07) is 10.1. The Morgan fingerprint density at radius 2 is 2.12 bits per heavy atom. The molecule has 0 fully saturated rings. The lowest BCUT2D eigenvalue weighted by molar-refractivity contribution is 0.164. The van der Waals surface area contributed by atoms with Crippen LogP contribution in [0.3, 0.4) is 0 Å². The summed E-state index contributed by atoms with van der Waals surface area (Å²) < 4.78 is 5.55. The molecule has 1 aromatic carbocycles. The van der Waals surface area contributed by atoms with Crippen LogP contribution in [0, 0.1) is 0 Å². The van der Waals surface area contributed by atoms with Crippen LogP contribution in [0.5, 0.6) is 0 Å². The Balaban J connectivity index is 1.83. The number of nitrogens with one attached hydrogen (secondary N) is 2. The van der Waals surface area contributed by atoms with Crippen LogP contribution in [-0.2, 0) is 4.74 Å². The van der Waals surface area contributed by atoms with Crippen LogP contribution in [-0.4, -0.2) is 19.4 Å². The highest BCUT2D eigenvalue weighted by Crippen LogP contribution is 2.20. The van der Waals surface area contributed by atoms with E-state index in [1.165, 1.54) is 0 Å². The van der Waals surface area contributed by atoms with E-state index in [1.807, 2.05) is 24.4 Å². The second-order valence-corrected chi connectivity index (χ2v) is 3.75. The molecule has 2 N–H and O–H groups in total. The van der Waals surface area contributed by atoms with Gasteiger partial charge in [0.1, 0.15) is 18.5 Å². The van der Waals surface area contributed by atoms with E-state index in [0.717, 1.165) is 23.7 Å². The van der Waals surface area contributed by atoms with Gasteiger partial charge in [-0.2, -0.15) is 0 Å². The number of hydrogen-bond donors (Lipinski definition) is 2. The Labute approximate surface area is 94.0 Å². The molecule has 2 heterocycles. The standard InChI is InChI=1S/C12H13N3O/c1-2-4-9(5-3-1)11-14-8-10-12(15-11)16-7-6-13-10/h1-5,8,11,13,15H,6-7H2. The first-order chi connectivity index (χ1) is 7.93. The highest BCUT2D eigenvalue weighted by atomic mass is 16.5. The third kappa shape index (κ3) is 1.62. The highest BCUT2D eigenvalue weighted by Gasteiger charge is 2.20. The van der Waals surface area contributed by atoms with Crippen molar-refractivity contribution in [1.82, 2.24) is 10.6 Å². The van der Waals surface area contributed by atoms with Crippen molar-refractivity contribution >= 4 is 6.21 Å². The Kier molecular flexibility index (Phi) is 2.25. The smallest absolute Gasteiger partial charge is 0.214 e. The summed E-state index contributed by atoms with van der Waals surface area (Å²) in [5.74, 6) is 0.801. The average Bonchev–Trinajstić information content (AvgIpc) is 2.39. The number of benzene rings is 1. The summed E-state index contributed by atoms with van der Waals surface area (Å²) in [6.07, 6.45) is 1.79. The molecule has 2 aliphatic heterocycles. The van der Waals surface area contributed by atoms with Crippen LogP contribution >= 0.6 is 0 Å². The minimum absolute atomic E-state index is 0.0418. The topological polar surface area (TPSA) is 45.7 Å². The van der Waals surface area contributed by atoms with Crippen LogP contribution in [0.2, 0.25) is 0 Å². The zero-order valence-electron chi connectivity index (χ0n) is 8.81. The molecule has 0 saturated heterocycles. The van der Waals surface area contributed by atoms with Crippen molar-refractivity contribution < 1.29 is 4.74 Å². The largest absolute Gasteiger partial charge is 0.476 e. The van der Waals surface area contributed by atoms with Crippen LogP contribution in [0.15, 0.2) is 46.9 Å². The molecule has 0 spiro atoms. The maximum atomic E-state index is 5.55. The molecule has 2 aliphatic rings. The van der Waals surface area contributed by atoms with Gasteiger partial charge < -0.3 is 15.4 Å². The minimum atomic E-state index is -0.0418. The molecule has 0 bridgehead atoms. The van der Waals surface area contributed by atoms with Crippen LogP contribution in [0.1, 0.15) is 11.7 Å². The first-order valence-corrected chi connectivity index (χ1v) is 5.39. The van der Waals surface area contributed by atoms with Gasteiger partial charge in [0.05, 0.1) is 6.21 Å². The lowest BCUT2D eigenvalue weighted by atomic mass is 10.1. The summed E-state index contributed by atoms with van der Waals surface area (Å²) >= 11 is 0. The van der Waals surface area contributed by atoms with Crippen molar-refractivity contribution in [1.29, 1.82) is 0 Å². The highest BCUT2D eigenvalue weighted by molar-refractivity contribution is 5.79. The van der Waals surface area contributed by atoms with E-state index in [4.69, 9.17) is 4.74 Å². The maximum Gasteiger partial charge on any atom is 0.214 e. The van der Waals surface area contributed by atoms with Gasteiger partial charge in [-0.3, -0.25) is 4.99 Å². The Bertz CT molecular complexity index is 439. The molecule has 0 saturated carbocycles. The van der Waals surface area contributed by atoms with Gasteiger partial charge in [0.25, 0.3) is 0 Å². The third-order valence-corrected chi connectivity index (χ3v) is 2.64. The number of ether oxygens (including phenoxy) is 1. The summed E-state index contributed by atoms with van der Waals surface area (Å²) in [4.78, 5) is 4.45. The fraction of sp³-hybridized carbons (Fsp3) is 0.250. The molecule has 1 unspecified atom stereocenters. The molecular formula is C12H13N3O. The minimum Gasteiger partial charge on any atom is -0.476 e. The fourth-order valence-corrected chi connectivity index (χ4v) is 1.84. The zero-order valence-corrected chi connectivity index (χ0v) is 8.81. The van der Waals surface area contributed by atoms with Crippen LogP contribution in [0.25, 0.3) is 0 Å². The van der Waals surface area contributed by atoms with Crippen LogP contribution < -0.4 is 10.6 Å². The van der Waals surface area contributed by atoms with Gasteiger partial charge in [0.2, 0.25) is 5.88 Å². The SMILES string of the molecule is C1=NC(c2ccccc2)NC2=C1NCCO2. The summed E-state index contributed by atoms with van der Waals surface area (Å²) in [5, 5.41) is 6.50. The normalized spacial score (nSPS) is 22.9. The molecule has 0 amide bonds. The molecule has 0 aliphatic carbocycles. The molecule has 0 aromatic heterocycles. The van der Waals surface area contributed by atoms with Crippen molar-refractivity contribution in [3.8, 4) is 0 Å². The molecule has 82 valence electrons. The van der Waals surface area contributed by atoms with E-state index < -0.39 is 0 Å². The molecule has 4 heteroatoms. The molecule has 1 aromatic rings. The van der Waals surface area contributed by atoms with Gasteiger partial charge in [-0.15, -0.1) is 0 Å². The van der Waals surface area contributed by atoms with E-state index in [9.17, 15) is 0 Å². The van der Waals surface area contributed by atoms with Gasteiger partial charge in [-0.1, -0.05) is 30.3 Å². The van der Waals surface area contributed by atoms with Crippen molar-refractivity contribution in [2.45, 2.75) is 6.17 Å². The van der Waals surface area contributed by atoms with E-state index in [2.05, 4.69) is 27.8 Å². The molecular weight excluding hydrogens is 202 g/mol. The molecule has 4 nitrogen and oxygen atoms in total. The second-order valence-electron chi connectivity index (χ2n) is 3.75. The summed E-state index contributed by atoms with van der Waals surface area (Å²) in [6.45, 7) is 1.53. The summed E-state index contributed by atoms with van der Waals surface area (Å²) in [7, 11) is 0. The Morgan fingerprint density at radius 3 is 3.00 bits per heavy atom. The van der Waals surface area contributed by atoms with Gasteiger partial charge in [0.15, 0.2) is 0 Å². The van der Waals surface area contributed by atoms with Gasteiger partial charge in [-0.25, -0.2) is 0 Å². The lowest BCUT2D eigenvalue weighted by Crippen LogP contribution is -2.37. The van der Waals surface area contributed by atoms with E-state index >= 15 is 0 Å². The number of hydrogen-bond acceptors (Lipinski definition) is 4. The van der Waals surface area contributed by atoms with E-state index in [0.29, 0.717) is 6.61 Å². The van der Waals surface area contributed by atoms with Gasteiger partial charge in [-0.05, 0) is 5.56 Å². The van der Waals surface area contributed by atoms with Crippen molar-refractivity contribution in [2.24, 2.45) is 4.99 Å². The first kappa shape index (κ1) is 9.27. The van der Waals surface area contributed by atoms with Crippen molar-refractivity contribution in [3.05, 3.63) is 47.5 Å². The quantitative estimate of drug-likeness (QED) is 0.738. The number of allylic oxidation sites excluding steroid dienone is 1. The number of rotatable bonds is 1. The fourth-order valence-electron chi connectivity index (χ4n) is 1.84. The average molecular weight is 215 g/mol. The predicted molar refractivity (Wildman–Crippen MR) is 61.8 cm³/mol. The Hall–Kier alpha value is -1.97. The van der Waals surface area contributed by atoms with Gasteiger partial charge >= 0.3 is 0 Å². The summed E-state index contributed by atoms with van der Waals surface area (Å²) in [5.41, 5.74) is 2.08. The number of nitrogens with zero attached hydrogens (tertiary/aromatic N) is 1. The molecule has 16 heavy (non-hydrogen) atoms. The first-order valence-electron chi connectivity index (χ1n) is 5.39. The number of aliphatic imine (C=N–C) groups is 1. The lowest BCUT2D eigenvalue weighted by Gasteiger charge is -2.28. The maximum absolute atomic E-state index is 5.55. The van der Waals surface area contributed by atoms with E-state index in [-0.39, 0.29) is 6.17 Å². The van der Waals surface area contributed by atoms with E-state index in [1.54, 1.807) is 0 Å². The van der Waals surface area contributed by atoms with Gasteiger partial charge in [0, 0.05) is 6.54 Å². The zero-order chi connectivity index (χ0) is 10.8.